The van der Waals surface area contributed by atoms with Crippen molar-refractivity contribution in [3.05, 3.63) is 47.4 Å². The lowest BCUT2D eigenvalue weighted by molar-refractivity contribution is 0.410. The van der Waals surface area contributed by atoms with Crippen LogP contribution >= 0.6 is 0 Å². The van der Waals surface area contributed by atoms with E-state index in [0.29, 0.717) is 6.42 Å². The Bertz CT molecular complexity index is 540. The molecule has 94 valence electrons. The molecular weight excluding hydrogens is 226 g/mol. The monoisotopic (exact) mass is 243 g/mol. The second kappa shape index (κ2) is 5.49. The van der Waals surface area contributed by atoms with E-state index in [1.54, 1.807) is 7.11 Å². The summed E-state index contributed by atoms with van der Waals surface area (Å²) in [6.07, 6.45) is 0.667. The van der Waals surface area contributed by atoms with E-state index in [1.807, 2.05) is 44.3 Å². The highest BCUT2D eigenvalue weighted by Crippen LogP contribution is 2.20. The number of para-hydroxylation sites is 1. The number of ether oxygens (including phenoxy) is 1. The summed E-state index contributed by atoms with van der Waals surface area (Å²) in [6.45, 7) is 1.97. The quantitative estimate of drug-likeness (QED) is 0.896. The first-order chi connectivity index (χ1) is 8.72. The average Bonchev–Trinajstić information content (AvgIpc) is 2.38. The second-order valence-corrected chi connectivity index (χ2v) is 4.05. The van der Waals surface area contributed by atoms with E-state index >= 15 is 0 Å². The summed E-state index contributed by atoms with van der Waals surface area (Å²) < 4.78 is 5.33. The number of nitrogens with zero attached hydrogens (tertiary/aromatic N) is 2. The Labute approximate surface area is 107 Å². The fraction of sp³-hybridized carbons (Fsp3) is 0.286. The third kappa shape index (κ3) is 2.77. The van der Waals surface area contributed by atoms with Gasteiger partial charge >= 0.3 is 0 Å². The summed E-state index contributed by atoms with van der Waals surface area (Å²) in [5.41, 5.74) is 2.05. The van der Waals surface area contributed by atoms with Crippen molar-refractivity contribution < 1.29 is 4.74 Å². The van der Waals surface area contributed by atoms with Gasteiger partial charge in [-0.05, 0) is 13.0 Å². The van der Waals surface area contributed by atoms with Crippen LogP contribution in [0.1, 0.15) is 17.1 Å². The van der Waals surface area contributed by atoms with Crippen LogP contribution in [0.5, 0.6) is 5.75 Å². The third-order valence-corrected chi connectivity index (χ3v) is 2.70. The smallest absolute Gasteiger partial charge is 0.135 e. The molecule has 0 radical (unpaired) electrons. The van der Waals surface area contributed by atoms with Crippen molar-refractivity contribution in [2.75, 3.05) is 19.5 Å². The molecule has 1 N–H and O–H groups in total. The minimum atomic E-state index is 0.667. The lowest BCUT2D eigenvalue weighted by Crippen LogP contribution is -2.03. The van der Waals surface area contributed by atoms with Crippen LogP contribution < -0.4 is 10.1 Å². The standard InChI is InChI=1S/C14H17N3O/c1-10-8-13(15-2)17-14(16-10)9-11-6-4-5-7-12(11)18-3/h4-8H,9H2,1-3H3,(H,15,16,17). The summed E-state index contributed by atoms with van der Waals surface area (Å²) in [5.74, 6) is 2.50. The Hall–Kier alpha value is -2.10. The zero-order valence-corrected chi connectivity index (χ0v) is 10.9. The van der Waals surface area contributed by atoms with Gasteiger partial charge in [-0.25, -0.2) is 9.97 Å². The number of methoxy groups -OCH3 is 1. The van der Waals surface area contributed by atoms with Crippen LogP contribution in [-0.4, -0.2) is 24.1 Å². The van der Waals surface area contributed by atoms with Crippen molar-refractivity contribution in [2.24, 2.45) is 0 Å². The summed E-state index contributed by atoms with van der Waals surface area (Å²) in [4.78, 5) is 8.89. The molecule has 0 bridgehead atoms. The molecule has 0 aliphatic carbocycles. The molecule has 0 saturated carbocycles. The number of rotatable bonds is 4. The average molecular weight is 243 g/mol. The normalized spacial score (nSPS) is 10.2. The van der Waals surface area contributed by atoms with Gasteiger partial charge in [-0.3, -0.25) is 0 Å². The van der Waals surface area contributed by atoms with Crippen LogP contribution in [0.4, 0.5) is 5.82 Å². The molecule has 0 atom stereocenters. The molecule has 1 heterocycles. The fourth-order valence-electron chi connectivity index (χ4n) is 1.86. The zero-order valence-electron chi connectivity index (χ0n) is 10.9. The van der Waals surface area contributed by atoms with E-state index in [-0.39, 0.29) is 0 Å². The van der Waals surface area contributed by atoms with Crippen molar-refractivity contribution in [2.45, 2.75) is 13.3 Å². The molecule has 0 unspecified atom stereocenters. The number of nitrogens with one attached hydrogen (secondary N) is 1. The Morgan fingerprint density at radius 1 is 1.22 bits per heavy atom. The van der Waals surface area contributed by atoms with Gasteiger partial charge in [0, 0.05) is 30.8 Å². The highest BCUT2D eigenvalue weighted by atomic mass is 16.5. The molecule has 18 heavy (non-hydrogen) atoms. The number of aryl methyl sites for hydroxylation is 1. The van der Waals surface area contributed by atoms with Crippen molar-refractivity contribution in [1.29, 1.82) is 0 Å². The predicted molar refractivity (Wildman–Crippen MR) is 72.1 cm³/mol. The molecular formula is C14H17N3O. The van der Waals surface area contributed by atoms with E-state index in [2.05, 4.69) is 15.3 Å². The first-order valence-electron chi connectivity index (χ1n) is 5.87. The van der Waals surface area contributed by atoms with Gasteiger partial charge in [-0.15, -0.1) is 0 Å². The Balaban J connectivity index is 2.30. The van der Waals surface area contributed by atoms with Crippen molar-refractivity contribution in [1.82, 2.24) is 9.97 Å². The second-order valence-electron chi connectivity index (χ2n) is 4.05. The lowest BCUT2D eigenvalue weighted by atomic mass is 10.1. The molecule has 0 aliphatic rings. The van der Waals surface area contributed by atoms with Crippen LogP contribution in [0.2, 0.25) is 0 Å². The highest BCUT2D eigenvalue weighted by molar-refractivity contribution is 5.38. The summed E-state index contributed by atoms with van der Waals surface area (Å²) in [5, 5.41) is 3.04. The van der Waals surface area contributed by atoms with E-state index in [9.17, 15) is 0 Å². The van der Waals surface area contributed by atoms with Crippen molar-refractivity contribution >= 4 is 5.82 Å². The van der Waals surface area contributed by atoms with Crippen LogP contribution in [-0.2, 0) is 6.42 Å². The number of hydrogen-bond donors (Lipinski definition) is 1. The van der Waals surface area contributed by atoms with Crippen LogP contribution in [0.15, 0.2) is 30.3 Å². The Morgan fingerprint density at radius 2 is 2.00 bits per heavy atom. The predicted octanol–water partition coefficient (Wildman–Crippen LogP) is 2.43. The van der Waals surface area contributed by atoms with E-state index in [1.165, 1.54) is 0 Å². The van der Waals surface area contributed by atoms with Gasteiger partial charge in [0.1, 0.15) is 17.4 Å². The molecule has 0 amide bonds. The maximum absolute atomic E-state index is 5.33. The molecule has 2 rings (SSSR count). The number of hydrogen-bond acceptors (Lipinski definition) is 4. The van der Waals surface area contributed by atoms with Gasteiger partial charge in [-0.1, -0.05) is 18.2 Å². The first kappa shape index (κ1) is 12.4. The number of aromatic nitrogens is 2. The highest BCUT2D eigenvalue weighted by Gasteiger charge is 2.06. The van der Waals surface area contributed by atoms with Gasteiger partial charge in [-0.2, -0.15) is 0 Å². The maximum atomic E-state index is 5.33. The SMILES string of the molecule is CNc1cc(C)nc(Cc2ccccc2OC)n1. The van der Waals surface area contributed by atoms with Gasteiger partial charge in [0.05, 0.1) is 7.11 Å². The van der Waals surface area contributed by atoms with E-state index in [4.69, 9.17) is 4.74 Å². The Morgan fingerprint density at radius 3 is 2.72 bits per heavy atom. The largest absolute Gasteiger partial charge is 0.496 e. The van der Waals surface area contributed by atoms with Gasteiger partial charge in [0.2, 0.25) is 0 Å². The lowest BCUT2D eigenvalue weighted by Gasteiger charge is -2.09. The summed E-state index contributed by atoms with van der Waals surface area (Å²) in [7, 11) is 3.53. The molecule has 0 spiro atoms. The van der Waals surface area contributed by atoms with Gasteiger partial charge in [0.15, 0.2) is 0 Å². The molecule has 2 aromatic rings. The maximum Gasteiger partial charge on any atom is 0.135 e. The summed E-state index contributed by atoms with van der Waals surface area (Å²) in [6, 6.07) is 9.85. The molecule has 1 aromatic heterocycles. The van der Waals surface area contributed by atoms with Gasteiger partial charge < -0.3 is 10.1 Å². The van der Waals surface area contributed by atoms with E-state index in [0.717, 1.165) is 28.6 Å². The van der Waals surface area contributed by atoms with Crippen LogP contribution in [0.3, 0.4) is 0 Å². The van der Waals surface area contributed by atoms with Crippen LogP contribution in [0.25, 0.3) is 0 Å². The fourth-order valence-corrected chi connectivity index (χ4v) is 1.86. The first-order valence-corrected chi connectivity index (χ1v) is 5.87. The minimum Gasteiger partial charge on any atom is -0.496 e. The van der Waals surface area contributed by atoms with E-state index < -0.39 is 0 Å². The Kier molecular flexibility index (Phi) is 3.77. The third-order valence-electron chi connectivity index (χ3n) is 2.70. The molecule has 4 nitrogen and oxygen atoms in total. The molecule has 1 aromatic carbocycles. The van der Waals surface area contributed by atoms with Crippen molar-refractivity contribution in [3.8, 4) is 5.75 Å². The minimum absolute atomic E-state index is 0.667. The molecule has 4 heteroatoms. The summed E-state index contributed by atoms with van der Waals surface area (Å²) >= 11 is 0. The number of benzene rings is 1. The topological polar surface area (TPSA) is 47.0 Å². The van der Waals surface area contributed by atoms with Crippen LogP contribution in [0, 0.1) is 6.92 Å². The van der Waals surface area contributed by atoms with Gasteiger partial charge in [0.25, 0.3) is 0 Å². The zero-order chi connectivity index (χ0) is 13.0. The van der Waals surface area contributed by atoms with Crippen molar-refractivity contribution in [3.63, 3.8) is 0 Å². The molecule has 0 aliphatic heterocycles. The molecule has 0 fully saturated rings. The molecule has 0 saturated heterocycles. The number of anilines is 1.